The van der Waals surface area contributed by atoms with Gasteiger partial charge in [0.25, 0.3) is 0 Å². The minimum atomic E-state index is -4.67. The summed E-state index contributed by atoms with van der Waals surface area (Å²) in [6.07, 6.45) is 2.01. The van der Waals surface area contributed by atoms with Gasteiger partial charge in [-0.3, -0.25) is 0 Å². The number of halogens is 3. The van der Waals surface area contributed by atoms with Crippen LogP contribution in [0.4, 0.5) is 13.2 Å². The van der Waals surface area contributed by atoms with Gasteiger partial charge < -0.3 is 19.5 Å². The summed E-state index contributed by atoms with van der Waals surface area (Å²) in [5, 5.41) is 3.52. The molecule has 0 bridgehead atoms. The number of benzene rings is 2. The van der Waals surface area contributed by atoms with Crippen molar-refractivity contribution >= 4 is 0 Å². The maximum Gasteiger partial charge on any atom is 0.573 e. The summed E-state index contributed by atoms with van der Waals surface area (Å²) in [5.74, 6) is 2.14. The van der Waals surface area contributed by atoms with Gasteiger partial charge in [-0.15, -0.1) is 13.2 Å². The summed E-state index contributed by atoms with van der Waals surface area (Å²) in [6, 6.07) is 12.4. The maximum atomic E-state index is 12.4. The zero-order chi connectivity index (χ0) is 22.6. The lowest BCUT2D eigenvalue weighted by Gasteiger charge is -2.31. The van der Waals surface area contributed by atoms with E-state index >= 15 is 0 Å². The first-order valence-corrected chi connectivity index (χ1v) is 11.3. The van der Waals surface area contributed by atoms with Crippen molar-refractivity contribution in [2.45, 2.75) is 56.9 Å². The number of rotatable bonds is 7. The quantitative estimate of drug-likeness (QED) is 0.576. The van der Waals surface area contributed by atoms with Crippen molar-refractivity contribution in [3.05, 3.63) is 53.6 Å². The molecule has 0 radical (unpaired) electrons. The summed E-state index contributed by atoms with van der Waals surface area (Å²) in [5.41, 5.74) is 2.23. The molecule has 1 saturated carbocycles. The van der Waals surface area contributed by atoms with Gasteiger partial charge in [-0.05, 0) is 92.3 Å². The molecule has 4 nitrogen and oxygen atoms in total. The molecule has 2 aromatic carbocycles. The third kappa shape index (κ3) is 6.09. The Bertz CT molecular complexity index is 879. The monoisotopic (exact) mass is 449 g/mol. The number of methoxy groups -OCH3 is 1. The summed E-state index contributed by atoms with van der Waals surface area (Å²) < 4.78 is 52.8. The van der Waals surface area contributed by atoms with Crippen LogP contribution in [0.5, 0.6) is 17.2 Å². The van der Waals surface area contributed by atoms with E-state index in [1.54, 1.807) is 19.2 Å². The van der Waals surface area contributed by atoms with Gasteiger partial charge in [-0.25, -0.2) is 0 Å². The molecule has 2 aromatic rings. The van der Waals surface area contributed by atoms with Crippen LogP contribution < -0.4 is 19.5 Å². The van der Waals surface area contributed by atoms with E-state index in [0.29, 0.717) is 11.8 Å². The molecule has 0 amide bonds. The van der Waals surface area contributed by atoms with Gasteiger partial charge in [0.05, 0.1) is 13.2 Å². The van der Waals surface area contributed by atoms with Crippen LogP contribution >= 0.6 is 0 Å². The lowest BCUT2D eigenvalue weighted by atomic mass is 9.82. The first-order valence-electron chi connectivity index (χ1n) is 11.3. The van der Waals surface area contributed by atoms with E-state index in [0.717, 1.165) is 55.8 Å². The Balaban J connectivity index is 1.40. The van der Waals surface area contributed by atoms with E-state index in [2.05, 4.69) is 22.2 Å². The largest absolute Gasteiger partial charge is 0.573 e. The lowest BCUT2D eigenvalue weighted by Crippen LogP contribution is -2.36. The highest BCUT2D eigenvalue weighted by Crippen LogP contribution is 2.37. The molecule has 1 aliphatic carbocycles. The van der Waals surface area contributed by atoms with Gasteiger partial charge in [0.2, 0.25) is 0 Å². The minimum absolute atomic E-state index is 0.186. The third-order valence-electron chi connectivity index (χ3n) is 6.38. The molecule has 2 atom stereocenters. The second-order valence-corrected chi connectivity index (χ2v) is 8.79. The van der Waals surface area contributed by atoms with Crippen molar-refractivity contribution in [1.29, 1.82) is 0 Å². The van der Waals surface area contributed by atoms with E-state index in [-0.39, 0.29) is 11.9 Å². The van der Waals surface area contributed by atoms with Crippen LogP contribution in [0.25, 0.3) is 0 Å². The fraction of sp³-hybridized carbons (Fsp3) is 0.520. The summed E-state index contributed by atoms with van der Waals surface area (Å²) in [4.78, 5) is 0. The van der Waals surface area contributed by atoms with Gasteiger partial charge in [0, 0.05) is 6.54 Å². The van der Waals surface area contributed by atoms with E-state index in [9.17, 15) is 13.2 Å². The summed E-state index contributed by atoms with van der Waals surface area (Å²) in [6.45, 7) is 1.78. The van der Waals surface area contributed by atoms with Crippen molar-refractivity contribution in [2.75, 3.05) is 20.2 Å². The number of alkyl halides is 3. The Kier molecular flexibility index (Phi) is 7.13. The first-order chi connectivity index (χ1) is 15.4. The van der Waals surface area contributed by atoms with Gasteiger partial charge in [0.15, 0.2) is 11.5 Å². The predicted molar refractivity (Wildman–Crippen MR) is 116 cm³/mol. The highest BCUT2D eigenvalue weighted by molar-refractivity contribution is 5.44. The Morgan fingerprint density at radius 3 is 2.41 bits per heavy atom. The molecule has 0 unspecified atom stereocenters. The molecule has 1 saturated heterocycles. The maximum absolute atomic E-state index is 12.4. The third-order valence-corrected chi connectivity index (χ3v) is 6.38. The van der Waals surface area contributed by atoms with Crippen LogP contribution in [0, 0.1) is 5.92 Å². The topological polar surface area (TPSA) is 39.7 Å². The Morgan fingerprint density at radius 2 is 1.72 bits per heavy atom. The zero-order valence-electron chi connectivity index (χ0n) is 18.3. The van der Waals surface area contributed by atoms with Crippen LogP contribution in [0.1, 0.15) is 49.1 Å². The highest BCUT2D eigenvalue weighted by Gasteiger charge is 2.31. The molecular weight excluding hydrogens is 419 g/mol. The fourth-order valence-electron chi connectivity index (χ4n) is 4.83. The molecule has 1 aliphatic heterocycles. The molecule has 1 N–H and O–H groups in total. The molecule has 2 fully saturated rings. The number of ether oxygens (including phenoxy) is 3. The molecule has 7 heteroatoms. The molecule has 0 aromatic heterocycles. The van der Waals surface area contributed by atoms with Crippen molar-refractivity contribution < 1.29 is 27.4 Å². The molecule has 0 spiro atoms. The SMILES string of the molecule is COc1ccc([C@H]2CNC[C@H](Cc3ccc(OC(F)(F)F)cc3)C2)cc1OC1CCCC1. The number of hydrogen-bond acceptors (Lipinski definition) is 4. The van der Waals surface area contributed by atoms with E-state index in [1.807, 2.05) is 6.07 Å². The van der Waals surface area contributed by atoms with E-state index < -0.39 is 6.36 Å². The molecule has 32 heavy (non-hydrogen) atoms. The minimum Gasteiger partial charge on any atom is -0.493 e. The molecule has 4 rings (SSSR count). The van der Waals surface area contributed by atoms with E-state index in [4.69, 9.17) is 9.47 Å². The average Bonchev–Trinajstić information content (AvgIpc) is 3.27. The normalized spacial score (nSPS) is 22.0. The zero-order valence-corrected chi connectivity index (χ0v) is 18.3. The van der Waals surface area contributed by atoms with Crippen LogP contribution in [0.3, 0.4) is 0 Å². The van der Waals surface area contributed by atoms with E-state index in [1.165, 1.54) is 30.5 Å². The fourth-order valence-corrected chi connectivity index (χ4v) is 4.83. The molecular formula is C25H30F3NO3. The lowest BCUT2D eigenvalue weighted by molar-refractivity contribution is -0.274. The molecule has 1 heterocycles. The predicted octanol–water partition coefficient (Wildman–Crippen LogP) is 5.85. The smallest absolute Gasteiger partial charge is 0.493 e. The summed E-state index contributed by atoms with van der Waals surface area (Å²) in [7, 11) is 1.67. The number of piperidine rings is 1. The van der Waals surface area contributed by atoms with Crippen LogP contribution in [-0.4, -0.2) is 32.7 Å². The standard InChI is InChI=1S/C25H30F3NO3/c1-30-23-11-8-19(14-24(23)31-21-4-2-3-5-21)20-13-18(15-29-16-20)12-17-6-9-22(10-7-17)32-25(26,27)28/h6-11,14,18,20-21,29H,2-5,12-13,15-16H2,1H3/t18-,20-/m1/s1. The first kappa shape index (κ1) is 22.8. The molecule has 174 valence electrons. The highest BCUT2D eigenvalue weighted by atomic mass is 19.4. The average molecular weight is 450 g/mol. The Morgan fingerprint density at radius 1 is 0.969 bits per heavy atom. The second-order valence-electron chi connectivity index (χ2n) is 8.79. The Hall–Kier alpha value is -2.41. The van der Waals surface area contributed by atoms with Crippen molar-refractivity contribution in [2.24, 2.45) is 5.92 Å². The second kappa shape index (κ2) is 10.0. The van der Waals surface area contributed by atoms with Crippen LogP contribution in [0.15, 0.2) is 42.5 Å². The van der Waals surface area contributed by atoms with Gasteiger partial charge >= 0.3 is 6.36 Å². The molecule has 2 aliphatic rings. The van der Waals surface area contributed by atoms with Gasteiger partial charge in [-0.2, -0.15) is 0 Å². The number of nitrogens with one attached hydrogen (secondary N) is 1. The Labute approximate surface area is 187 Å². The van der Waals surface area contributed by atoms with Crippen molar-refractivity contribution in [1.82, 2.24) is 5.32 Å². The van der Waals surface area contributed by atoms with Gasteiger partial charge in [0.1, 0.15) is 5.75 Å². The summed E-state index contributed by atoms with van der Waals surface area (Å²) >= 11 is 0. The number of hydrogen-bond donors (Lipinski definition) is 1. The van der Waals surface area contributed by atoms with Crippen LogP contribution in [-0.2, 0) is 6.42 Å². The van der Waals surface area contributed by atoms with Crippen molar-refractivity contribution in [3.8, 4) is 17.2 Å². The van der Waals surface area contributed by atoms with Crippen molar-refractivity contribution in [3.63, 3.8) is 0 Å². The van der Waals surface area contributed by atoms with Gasteiger partial charge in [-0.1, -0.05) is 18.2 Å². The van der Waals surface area contributed by atoms with Crippen LogP contribution in [0.2, 0.25) is 0 Å².